The summed E-state index contributed by atoms with van der Waals surface area (Å²) >= 11 is 0. The second-order valence-electron chi connectivity index (χ2n) is 4.76. The van der Waals surface area contributed by atoms with Crippen LogP contribution >= 0.6 is 0 Å². The van der Waals surface area contributed by atoms with Gasteiger partial charge in [-0.25, -0.2) is 4.79 Å². The predicted octanol–water partition coefficient (Wildman–Crippen LogP) is 2.12. The Morgan fingerprint density at radius 2 is 1.90 bits per heavy atom. The van der Waals surface area contributed by atoms with Crippen LogP contribution in [-0.4, -0.2) is 37.5 Å². The molecular weight excluding hydrogens is 258 g/mol. The van der Waals surface area contributed by atoms with Crippen molar-refractivity contribution in [1.82, 2.24) is 5.06 Å². The summed E-state index contributed by atoms with van der Waals surface area (Å²) in [6, 6.07) is 9.53. The number of methoxy groups -OCH3 is 1. The van der Waals surface area contributed by atoms with Gasteiger partial charge in [0.25, 0.3) is 6.29 Å². The van der Waals surface area contributed by atoms with E-state index in [2.05, 4.69) is 0 Å². The smallest absolute Gasteiger partial charge is 0.365 e. The molecule has 0 spiro atoms. The largest absolute Gasteiger partial charge is 0.457 e. The molecule has 1 aliphatic heterocycles. The van der Waals surface area contributed by atoms with Gasteiger partial charge in [0.2, 0.25) is 0 Å². The van der Waals surface area contributed by atoms with Gasteiger partial charge in [0.05, 0.1) is 0 Å². The van der Waals surface area contributed by atoms with Crippen molar-refractivity contribution in [3.8, 4) is 0 Å². The van der Waals surface area contributed by atoms with Crippen LogP contribution in [0.1, 0.15) is 24.8 Å². The van der Waals surface area contributed by atoms with Crippen molar-refractivity contribution >= 4 is 5.97 Å². The maximum Gasteiger partial charge on any atom is 0.365 e. The van der Waals surface area contributed by atoms with Crippen molar-refractivity contribution in [2.75, 3.05) is 20.2 Å². The molecule has 5 heteroatoms. The third-order valence-corrected chi connectivity index (χ3v) is 3.19. The topological polar surface area (TPSA) is 48.0 Å². The van der Waals surface area contributed by atoms with E-state index in [0.29, 0.717) is 0 Å². The summed E-state index contributed by atoms with van der Waals surface area (Å²) in [5.74, 6) is -0.498. The Morgan fingerprint density at radius 3 is 2.55 bits per heavy atom. The number of carbonyl (C=O) groups excluding carboxylic acids is 1. The number of ether oxygens (including phenoxy) is 2. The number of hydrogen-bond donors (Lipinski definition) is 0. The highest BCUT2D eigenvalue weighted by molar-refractivity contribution is 5.73. The lowest BCUT2D eigenvalue weighted by Gasteiger charge is -2.28. The van der Waals surface area contributed by atoms with Crippen molar-refractivity contribution in [1.29, 1.82) is 0 Å². The maximum absolute atomic E-state index is 11.9. The molecule has 2 rings (SSSR count). The molecule has 1 heterocycles. The van der Waals surface area contributed by atoms with Crippen LogP contribution in [0.4, 0.5) is 0 Å². The third kappa shape index (κ3) is 4.59. The number of nitrogens with zero attached hydrogens (tertiary/aromatic N) is 1. The molecule has 0 N–H and O–H groups in total. The first-order valence-corrected chi connectivity index (χ1v) is 6.94. The van der Waals surface area contributed by atoms with Crippen LogP contribution in [-0.2, 0) is 25.7 Å². The number of benzene rings is 1. The molecule has 110 valence electrons. The molecule has 0 aliphatic carbocycles. The Kier molecular flexibility index (Phi) is 5.98. The van der Waals surface area contributed by atoms with E-state index in [-0.39, 0.29) is 6.61 Å². The van der Waals surface area contributed by atoms with Crippen molar-refractivity contribution < 1.29 is 19.1 Å². The Labute approximate surface area is 119 Å². The average molecular weight is 279 g/mol. The minimum Gasteiger partial charge on any atom is -0.457 e. The van der Waals surface area contributed by atoms with Crippen LogP contribution in [0.15, 0.2) is 30.3 Å². The summed E-state index contributed by atoms with van der Waals surface area (Å²) < 4.78 is 10.3. The lowest BCUT2D eigenvalue weighted by atomic mass is 10.2. The fourth-order valence-electron chi connectivity index (χ4n) is 2.08. The summed E-state index contributed by atoms with van der Waals surface area (Å²) in [5.41, 5.74) is 0.939. The van der Waals surface area contributed by atoms with Crippen LogP contribution < -0.4 is 0 Å². The molecule has 0 saturated carbocycles. The standard InChI is InChI=1S/C15H21NO4/c1-18-15(20-16-10-6-3-7-11-16)14(17)19-12-13-8-4-2-5-9-13/h2,4-5,8-9,15H,3,6-7,10-12H2,1H3. The van der Waals surface area contributed by atoms with Crippen molar-refractivity contribution in [2.45, 2.75) is 32.2 Å². The average Bonchev–Trinajstić information content (AvgIpc) is 2.52. The van der Waals surface area contributed by atoms with Crippen LogP contribution in [0.3, 0.4) is 0 Å². The molecule has 0 radical (unpaired) electrons. The molecule has 1 saturated heterocycles. The van der Waals surface area contributed by atoms with E-state index < -0.39 is 12.3 Å². The lowest BCUT2D eigenvalue weighted by molar-refractivity contribution is -0.277. The van der Waals surface area contributed by atoms with E-state index >= 15 is 0 Å². The molecule has 20 heavy (non-hydrogen) atoms. The number of carbonyl (C=O) groups is 1. The van der Waals surface area contributed by atoms with Gasteiger partial charge in [-0.05, 0) is 18.4 Å². The number of rotatable bonds is 6. The monoisotopic (exact) mass is 279 g/mol. The molecule has 1 aromatic carbocycles. The third-order valence-electron chi connectivity index (χ3n) is 3.19. The summed E-state index contributed by atoms with van der Waals surface area (Å²) in [6.45, 7) is 1.88. The highest BCUT2D eigenvalue weighted by Gasteiger charge is 2.25. The Bertz CT molecular complexity index is 404. The first-order chi connectivity index (χ1) is 9.79. The summed E-state index contributed by atoms with van der Waals surface area (Å²) in [6.07, 6.45) is 2.37. The number of esters is 1. The van der Waals surface area contributed by atoms with Crippen LogP contribution in [0.5, 0.6) is 0 Å². The highest BCUT2D eigenvalue weighted by Crippen LogP contribution is 2.12. The molecule has 1 atom stereocenters. The van der Waals surface area contributed by atoms with Gasteiger partial charge in [-0.2, -0.15) is 5.06 Å². The molecular formula is C15H21NO4. The molecule has 0 bridgehead atoms. The fourth-order valence-corrected chi connectivity index (χ4v) is 2.08. The van der Waals surface area contributed by atoms with E-state index in [9.17, 15) is 4.79 Å². The van der Waals surface area contributed by atoms with Gasteiger partial charge in [-0.15, -0.1) is 0 Å². The van der Waals surface area contributed by atoms with Crippen LogP contribution in [0.25, 0.3) is 0 Å². The van der Waals surface area contributed by atoms with Crippen molar-refractivity contribution in [3.63, 3.8) is 0 Å². The first-order valence-electron chi connectivity index (χ1n) is 6.94. The van der Waals surface area contributed by atoms with E-state index in [1.54, 1.807) is 5.06 Å². The van der Waals surface area contributed by atoms with Gasteiger partial charge in [0.15, 0.2) is 0 Å². The summed E-state index contributed by atoms with van der Waals surface area (Å²) in [5, 5.41) is 1.78. The van der Waals surface area contributed by atoms with Crippen LogP contribution in [0, 0.1) is 0 Å². The van der Waals surface area contributed by atoms with Crippen molar-refractivity contribution in [2.24, 2.45) is 0 Å². The summed E-state index contributed by atoms with van der Waals surface area (Å²) in [4.78, 5) is 17.4. The second kappa shape index (κ2) is 7.99. The molecule has 1 aromatic rings. The van der Waals surface area contributed by atoms with Gasteiger partial charge < -0.3 is 9.47 Å². The Balaban J connectivity index is 1.79. The quantitative estimate of drug-likeness (QED) is 0.589. The molecule has 1 aliphatic rings. The lowest BCUT2D eigenvalue weighted by Crippen LogP contribution is -2.39. The molecule has 0 amide bonds. The fraction of sp³-hybridized carbons (Fsp3) is 0.533. The van der Waals surface area contributed by atoms with Crippen molar-refractivity contribution in [3.05, 3.63) is 35.9 Å². The minimum absolute atomic E-state index is 0.225. The highest BCUT2D eigenvalue weighted by atomic mass is 16.8. The predicted molar refractivity (Wildman–Crippen MR) is 73.5 cm³/mol. The van der Waals surface area contributed by atoms with Crippen LogP contribution in [0.2, 0.25) is 0 Å². The van der Waals surface area contributed by atoms with Gasteiger partial charge in [0.1, 0.15) is 6.61 Å². The van der Waals surface area contributed by atoms with Gasteiger partial charge in [0, 0.05) is 20.2 Å². The zero-order valence-corrected chi connectivity index (χ0v) is 11.8. The van der Waals surface area contributed by atoms with Gasteiger partial charge in [-0.3, -0.25) is 4.84 Å². The zero-order chi connectivity index (χ0) is 14.2. The number of hydroxylamine groups is 2. The second-order valence-corrected chi connectivity index (χ2v) is 4.76. The maximum atomic E-state index is 11.9. The van der Waals surface area contributed by atoms with Gasteiger partial charge in [-0.1, -0.05) is 36.8 Å². The molecule has 1 unspecified atom stereocenters. The molecule has 5 nitrogen and oxygen atoms in total. The van der Waals surface area contributed by atoms with E-state index in [4.69, 9.17) is 14.3 Å². The Hall–Kier alpha value is -1.43. The zero-order valence-electron chi connectivity index (χ0n) is 11.8. The molecule has 1 fully saturated rings. The Morgan fingerprint density at radius 1 is 1.20 bits per heavy atom. The first kappa shape index (κ1) is 15.0. The number of piperidine rings is 1. The summed E-state index contributed by atoms with van der Waals surface area (Å²) in [7, 11) is 1.44. The minimum atomic E-state index is -0.989. The van der Waals surface area contributed by atoms with E-state index in [0.717, 1.165) is 31.5 Å². The molecule has 0 aromatic heterocycles. The number of hydrogen-bond acceptors (Lipinski definition) is 5. The SMILES string of the molecule is COC(ON1CCCCC1)C(=O)OCc1ccccc1. The van der Waals surface area contributed by atoms with Gasteiger partial charge >= 0.3 is 5.97 Å². The van der Waals surface area contributed by atoms with E-state index in [1.807, 2.05) is 30.3 Å². The van der Waals surface area contributed by atoms with E-state index in [1.165, 1.54) is 13.5 Å². The normalized spacial score (nSPS) is 17.6.